The Labute approximate surface area is 212 Å². The summed E-state index contributed by atoms with van der Waals surface area (Å²) in [5.41, 5.74) is 0.469. The van der Waals surface area contributed by atoms with Crippen molar-refractivity contribution in [3.63, 3.8) is 0 Å². The van der Waals surface area contributed by atoms with Crippen LogP contribution in [0.15, 0.2) is 71.3 Å². The van der Waals surface area contributed by atoms with Gasteiger partial charge in [0.2, 0.25) is 0 Å². The number of furan rings is 1. The molecule has 10 heteroatoms. The summed E-state index contributed by atoms with van der Waals surface area (Å²) in [7, 11) is 0. The van der Waals surface area contributed by atoms with E-state index in [9.17, 15) is 13.2 Å². The van der Waals surface area contributed by atoms with Crippen molar-refractivity contribution in [3.05, 3.63) is 100 Å². The van der Waals surface area contributed by atoms with Gasteiger partial charge < -0.3 is 4.42 Å². The molecule has 36 heavy (non-hydrogen) atoms. The van der Waals surface area contributed by atoms with Crippen LogP contribution in [-0.4, -0.2) is 25.1 Å². The van der Waals surface area contributed by atoms with Crippen molar-refractivity contribution in [2.24, 2.45) is 0 Å². The van der Waals surface area contributed by atoms with Gasteiger partial charge in [-0.15, -0.1) is 5.10 Å². The predicted molar refractivity (Wildman–Crippen MR) is 130 cm³/mol. The van der Waals surface area contributed by atoms with Crippen LogP contribution in [0, 0.1) is 0 Å². The van der Waals surface area contributed by atoms with Gasteiger partial charge in [-0.2, -0.15) is 13.2 Å². The van der Waals surface area contributed by atoms with E-state index in [4.69, 9.17) is 16.0 Å². The molecule has 0 saturated carbocycles. The van der Waals surface area contributed by atoms with Gasteiger partial charge >= 0.3 is 6.18 Å². The standard InChI is InChI=1S/C26H27ClF3N5O/c1-4-25(2,3)35-24(31-32-33-35)23(19-9-11-20(12-10-19)26(28,29)30)34(17-22-6-5-15-36-22)16-18-7-13-21(27)14-8-18/h5-15,23H,4,16-17H2,1-3H3/t23-/m0/s1. The second-order valence-electron chi connectivity index (χ2n) is 9.25. The number of hydrogen-bond donors (Lipinski definition) is 0. The van der Waals surface area contributed by atoms with Crippen molar-refractivity contribution >= 4 is 11.6 Å². The zero-order chi connectivity index (χ0) is 25.9. The Hall–Kier alpha value is -3.17. The summed E-state index contributed by atoms with van der Waals surface area (Å²) in [6.07, 6.45) is -2.09. The fraction of sp³-hybridized carbons (Fsp3) is 0.346. The highest BCUT2D eigenvalue weighted by molar-refractivity contribution is 6.30. The lowest BCUT2D eigenvalue weighted by atomic mass is 9.98. The van der Waals surface area contributed by atoms with Crippen molar-refractivity contribution in [2.45, 2.75) is 58.0 Å². The molecule has 4 rings (SSSR count). The van der Waals surface area contributed by atoms with Crippen LogP contribution in [0.5, 0.6) is 0 Å². The number of nitrogens with zero attached hydrogens (tertiary/aromatic N) is 5. The molecule has 0 aliphatic rings. The van der Waals surface area contributed by atoms with Crippen molar-refractivity contribution in [1.82, 2.24) is 25.1 Å². The molecule has 0 aliphatic heterocycles. The van der Waals surface area contributed by atoms with Crippen LogP contribution in [-0.2, 0) is 24.8 Å². The molecular formula is C26H27ClF3N5O. The second-order valence-corrected chi connectivity index (χ2v) is 9.68. The zero-order valence-electron chi connectivity index (χ0n) is 20.2. The number of aromatic nitrogens is 4. The molecule has 190 valence electrons. The Morgan fingerprint density at radius 2 is 1.69 bits per heavy atom. The first-order valence-electron chi connectivity index (χ1n) is 11.6. The third kappa shape index (κ3) is 5.79. The molecule has 0 radical (unpaired) electrons. The van der Waals surface area contributed by atoms with E-state index < -0.39 is 23.3 Å². The van der Waals surface area contributed by atoms with E-state index in [0.717, 1.165) is 24.1 Å². The van der Waals surface area contributed by atoms with Crippen LogP contribution in [0.3, 0.4) is 0 Å². The van der Waals surface area contributed by atoms with Gasteiger partial charge in [-0.25, -0.2) is 4.68 Å². The van der Waals surface area contributed by atoms with Crippen LogP contribution < -0.4 is 0 Å². The average Bonchev–Trinajstić information content (AvgIpc) is 3.53. The van der Waals surface area contributed by atoms with E-state index in [-0.39, 0.29) is 0 Å². The summed E-state index contributed by atoms with van der Waals surface area (Å²) in [4.78, 5) is 2.08. The lowest BCUT2D eigenvalue weighted by molar-refractivity contribution is -0.137. The Kier molecular flexibility index (Phi) is 7.51. The predicted octanol–water partition coefficient (Wildman–Crippen LogP) is 6.88. The molecule has 0 spiro atoms. The summed E-state index contributed by atoms with van der Waals surface area (Å²) in [6, 6.07) is 15.7. The Morgan fingerprint density at radius 1 is 1.00 bits per heavy atom. The first kappa shape index (κ1) is 25.9. The highest BCUT2D eigenvalue weighted by Gasteiger charge is 2.35. The maximum Gasteiger partial charge on any atom is 0.416 e. The number of tetrazole rings is 1. The van der Waals surface area contributed by atoms with Crippen molar-refractivity contribution in [2.75, 3.05) is 0 Å². The molecule has 6 nitrogen and oxygen atoms in total. The van der Waals surface area contributed by atoms with Crippen LogP contribution in [0.25, 0.3) is 0 Å². The normalized spacial score (nSPS) is 13.3. The number of rotatable bonds is 9. The summed E-state index contributed by atoms with van der Waals surface area (Å²) in [6.45, 7) is 6.90. The molecule has 2 heterocycles. The minimum Gasteiger partial charge on any atom is -0.468 e. The first-order chi connectivity index (χ1) is 17.1. The molecule has 0 fully saturated rings. The molecule has 0 saturated heterocycles. The van der Waals surface area contributed by atoms with E-state index in [1.165, 1.54) is 12.1 Å². The van der Waals surface area contributed by atoms with Crippen molar-refractivity contribution < 1.29 is 17.6 Å². The molecule has 2 aromatic carbocycles. The van der Waals surface area contributed by atoms with Crippen LogP contribution in [0.4, 0.5) is 13.2 Å². The zero-order valence-corrected chi connectivity index (χ0v) is 21.0. The number of benzene rings is 2. The van der Waals surface area contributed by atoms with Gasteiger partial charge in [0.15, 0.2) is 5.82 Å². The lowest BCUT2D eigenvalue weighted by Gasteiger charge is -2.33. The maximum atomic E-state index is 13.3. The molecule has 0 aliphatic carbocycles. The Balaban J connectivity index is 1.85. The van der Waals surface area contributed by atoms with Crippen LogP contribution in [0.2, 0.25) is 5.02 Å². The second kappa shape index (κ2) is 10.4. The average molecular weight is 518 g/mol. The highest BCUT2D eigenvalue weighted by atomic mass is 35.5. The van der Waals surface area contributed by atoms with Gasteiger partial charge in [0.25, 0.3) is 0 Å². The lowest BCUT2D eigenvalue weighted by Crippen LogP contribution is -2.35. The van der Waals surface area contributed by atoms with Gasteiger partial charge in [0.05, 0.1) is 30.0 Å². The molecule has 0 amide bonds. The minimum absolute atomic E-state index is 0.376. The quantitative estimate of drug-likeness (QED) is 0.242. The summed E-state index contributed by atoms with van der Waals surface area (Å²) < 4.78 is 47.4. The van der Waals surface area contributed by atoms with Crippen LogP contribution in [0.1, 0.15) is 61.5 Å². The van der Waals surface area contributed by atoms with E-state index >= 15 is 0 Å². The first-order valence-corrected chi connectivity index (χ1v) is 11.9. The number of hydrogen-bond acceptors (Lipinski definition) is 5. The summed E-state index contributed by atoms with van der Waals surface area (Å²) >= 11 is 6.09. The minimum atomic E-state index is -4.43. The third-order valence-corrected chi connectivity index (χ3v) is 6.59. The topological polar surface area (TPSA) is 60.0 Å². The molecule has 4 aromatic rings. The highest BCUT2D eigenvalue weighted by Crippen LogP contribution is 2.35. The molecule has 1 atom stereocenters. The van der Waals surface area contributed by atoms with Gasteiger partial charge in [-0.1, -0.05) is 42.8 Å². The summed E-state index contributed by atoms with van der Waals surface area (Å²) in [5, 5.41) is 13.2. The van der Waals surface area contributed by atoms with E-state index in [0.29, 0.717) is 35.3 Å². The van der Waals surface area contributed by atoms with Gasteiger partial charge in [0.1, 0.15) is 5.76 Å². The molecule has 0 bridgehead atoms. The number of halogens is 4. The monoisotopic (exact) mass is 517 g/mol. The SMILES string of the molecule is CCC(C)(C)n1nnnc1[C@H](c1ccc(C(F)(F)F)cc1)N(Cc1ccc(Cl)cc1)Cc1ccco1. The molecule has 2 aromatic heterocycles. The van der Waals surface area contributed by atoms with Gasteiger partial charge in [-0.3, -0.25) is 4.90 Å². The molecular weight excluding hydrogens is 491 g/mol. The largest absolute Gasteiger partial charge is 0.468 e. The maximum absolute atomic E-state index is 13.3. The van der Waals surface area contributed by atoms with E-state index in [1.807, 2.05) is 39.0 Å². The van der Waals surface area contributed by atoms with Crippen LogP contribution >= 0.6 is 11.6 Å². The number of alkyl halides is 3. The fourth-order valence-electron chi connectivity index (χ4n) is 3.99. The van der Waals surface area contributed by atoms with Crippen molar-refractivity contribution in [1.29, 1.82) is 0 Å². The van der Waals surface area contributed by atoms with Gasteiger partial charge in [0, 0.05) is 11.6 Å². The Morgan fingerprint density at radius 3 is 2.28 bits per heavy atom. The van der Waals surface area contributed by atoms with Crippen molar-refractivity contribution in [3.8, 4) is 0 Å². The molecule has 0 N–H and O–H groups in total. The van der Waals surface area contributed by atoms with E-state index in [2.05, 4.69) is 20.4 Å². The summed E-state index contributed by atoms with van der Waals surface area (Å²) in [5.74, 6) is 1.23. The Bertz CT molecular complexity index is 1250. The van der Waals surface area contributed by atoms with E-state index in [1.54, 1.807) is 29.1 Å². The molecule has 0 unspecified atom stereocenters. The van der Waals surface area contributed by atoms with Gasteiger partial charge in [-0.05, 0) is 78.2 Å². The fourth-order valence-corrected chi connectivity index (χ4v) is 4.11. The smallest absolute Gasteiger partial charge is 0.416 e. The third-order valence-electron chi connectivity index (χ3n) is 6.33.